The van der Waals surface area contributed by atoms with Gasteiger partial charge in [0.2, 0.25) is 0 Å². The molecule has 1 aromatic rings. The van der Waals surface area contributed by atoms with Gasteiger partial charge < -0.3 is 15.5 Å². The first-order chi connectivity index (χ1) is 11.7. The van der Waals surface area contributed by atoms with Crippen LogP contribution in [0.2, 0.25) is 0 Å². The third-order valence-electron chi connectivity index (χ3n) is 4.30. The lowest BCUT2D eigenvalue weighted by atomic mass is 10.3. The van der Waals surface area contributed by atoms with Gasteiger partial charge in [0.1, 0.15) is 5.01 Å². The Kier molecular flexibility index (Phi) is 11.6. The molecule has 0 atom stereocenters. The molecule has 0 radical (unpaired) electrons. The van der Waals surface area contributed by atoms with Gasteiger partial charge in [0.15, 0.2) is 5.96 Å². The van der Waals surface area contributed by atoms with Gasteiger partial charge >= 0.3 is 0 Å². The minimum absolute atomic E-state index is 0. The zero-order valence-electron chi connectivity index (χ0n) is 15.8. The molecule has 25 heavy (non-hydrogen) atoms. The second kappa shape index (κ2) is 12.8. The van der Waals surface area contributed by atoms with E-state index < -0.39 is 0 Å². The number of thiazole rings is 1. The summed E-state index contributed by atoms with van der Waals surface area (Å²) < 4.78 is 0. The molecule has 2 rings (SSSR count). The number of rotatable bonds is 8. The van der Waals surface area contributed by atoms with Crippen molar-refractivity contribution in [2.24, 2.45) is 4.99 Å². The van der Waals surface area contributed by atoms with Crippen LogP contribution in [-0.2, 0) is 13.0 Å². The predicted octanol–water partition coefficient (Wildman–Crippen LogP) is 2.02. The Morgan fingerprint density at radius 1 is 1.16 bits per heavy atom. The largest absolute Gasteiger partial charge is 0.357 e. The fraction of sp³-hybridized carbons (Fsp3) is 0.765. The van der Waals surface area contributed by atoms with Crippen molar-refractivity contribution in [1.29, 1.82) is 0 Å². The summed E-state index contributed by atoms with van der Waals surface area (Å²) in [4.78, 5) is 15.4. The van der Waals surface area contributed by atoms with Crippen LogP contribution in [-0.4, -0.2) is 73.1 Å². The molecule has 1 fully saturated rings. The van der Waals surface area contributed by atoms with E-state index in [4.69, 9.17) is 0 Å². The number of hydrogen-bond donors (Lipinski definition) is 2. The van der Waals surface area contributed by atoms with Crippen molar-refractivity contribution < 1.29 is 0 Å². The van der Waals surface area contributed by atoms with Crippen LogP contribution in [0.15, 0.2) is 11.2 Å². The molecule has 0 aliphatic carbocycles. The van der Waals surface area contributed by atoms with Gasteiger partial charge in [-0.25, -0.2) is 9.98 Å². The van der Waals surface area contributed by atoms with Gasteiger partial charge in [-0.3, -0.25) is 4.90 Å². The van der Waals surface area contributed by atoms with Gasteiger partial charge in [-0.1, -0.05) is 13.8 Å². The monoisotopic (exact) mass is 480 g/mol. The Bertz CT molecular complexity index is 499. The van der Waals surface area contributed by atoms with E-state index in [2.05, 4.69) is 51.2 Å². The third kappa shape index (κ3) is 8.19. The van der Waals surface area contributed by atoms with Crippen molar-refractivity contribution in [3.63, 3.8) is 0 Å². The number of aryl methyl sites for hydroxylation is 1. The minimum atomic E-state index is 0. The molecular formula is C17H33IN6S. The molecule has 6 nitrogen and oxygen atoms in total. The molecule has 0 amide bonds. The number of piperazine rings is 1. The molecule has 144 valence electrons. The summed E-state index contributed by atoms with van der Waals surface area (Å²) in [6.45, 7) is 15.9. The second-order valence-corrected chi connectivity index (χ2v) is 7.17. The highest BCUT2D eigenvalue weighted by atomic mass is 127. The van der Waals surface area contributed by atoms with Crippen molar-refractivity contribution >= 4 is 41.3 Å². The van der Waals surface area contributed by atoms with Gasteiger partial charge in [0, 0.05) is 56.9 Å². The number of hydrogen-bond acceptors (Lipinski definition) is 5. The predicted molar refractivity (Wildman–Crippen MR) is 118 cm³/mol. The topological polar surface area (TPSA) is 55.8 Å². The molecule has 0 bridgehead atoms. The number of likely N-dealkylation sites (N-methyl/N-ethyl adjacent to an activating group) is 1. The smallest absolute Gasteiger partial charge is 0.191 e. The minimum Gasteiger partial charge on any atom is -0.357 e. The summed E-state index contributed by atoms with van der Waals surface area (Å²) in [5, 5.41) is 7.84. The van der Waals surface area contributed by atoms with Crippen LogP contribution in [0.4, 0.5) is 0 Å². The highest BCUT2D eigenvalue weighted by Crippen LogP contribution is 2.13. The molecule has 0 aromatic carbocycles. The third-order valence-corrected chi connectivity index (χ3v) is 5.43. The van der Waals surface area contributed by atoms with Crippen LogP contribution in [0.3, 0.4) is 0 Å². The van der Waals surface area contributed by atoms with Crippen molar-refractivity contribution in [3.8, 4) is 0 Å². The van der Waals surface area contributed by atoms with Crippen LogP contribution < -0.4 is 10.6 Å². The number of nitrogens with zero attached hydrogens (tertiary/aromatic N) is 4. The number of guanidine groups is 1. The lowest BCUT2D eigenvalue weighted by Gasteiger charge is -2.34. The molecule has 0 unspecified atom stereocenters. The summed E-state index contributed by atoms with van der Waals surface area (Å²) in [7, 11) is 0. The highest BCUT2D eigenvalue weighted by Gasteiger charge is 2.14. The Morgan fingerprint density at radius 2 is 1.88 bits per heavy atom. The maximum absolute atomic E-state index is 4.65. The van der Waals surface area contributed by atoms with Crippen molar-refractivity contribution in [2.45, 2.75) is 33.7 Å². The second-order valence-electron chi connectivity index (χ2n) is 5.97. The van der Waals surface area contributed by atoms with E-state index in [1.54, 1.807) is 11.3 Å². The Hall–Kier alpha value is -0.450. The van der Waals surface area contributed by atoms with E-state index in [9.17, 15) is 0 Å². The fourth-order valence-electron chi connectivity index (χ4n) is 2.73. The van der Waals surface area contributed by atoms with Gasteiger partial charge in [-0.15, -0.1) is 35.3 Å². The summed E-state index contributed by atoms with van der Waals surface area (Å²) in [6, 6.07) is 0. The Balaban J connectivity index is 0.00000312. The standard InChI is InChI=1S/C17H32N6S.HI/c1-4-15-13-20-16(24-15)14-21-17(18-5-2)19-7-8-23-11-9-22(6-3)10-12-23;/h13H,4-12,14H2,1-3H3,(H2,18,19,21);1H. The van der Waals surface area contributed by atoms with E-state index in [-0.39, 0.29) is 24.0 Å². The van der Waals surface area contributed by atoms with Crippen LogP contribution in [0.25, 0.3) is 0 Å². The average Bonchev–Trinajstić information content (AvgIpc) is 3.08. The number of aromatic nitrogens is 1. The maximum Gasteiger partial charge on any atom is 0.191 e. The van der Waals surface area contributed by atoms with Crippen molar-refractivity contribution in [3.05, 3.63) is 16.1 Å². The number of halogens is 1. The van der Waals surface area contributed by atoms with Crippen molar-refractivity contribution in [2.75, 3.05) is 52.4 Å². The summed E-state index contributed by atoms with van der Waals surface area (Å²) >= 11 is 1.76. The van der Waals surface area contributed by atoms with Crippen LogP contribution in [0.5, 0.6) is 0 Å². The number of nitrogens with one attached hydrogen (secondary N) is 2. The lowest BCUT2D eigenvalue weighted by molar-refractivity contribution is 0.139. The first-order valence-corrected chi connectivity index (χ1v) is 9.97. The molecule has 0 spiro atoms. The van der Waals surface area contributed by atoms with E-state index in [0.717, 1.165) is 37.0 Å². The van der Waals surface area contributed by atoms with Crippen molar-refractivity contribution in [1.82, 2.24) is 25.4 Å². The highest BCUT2D eigenvalue weighted by molar-refractivity contribution is 14.0. The van der Waals surface area contributed by atoms with Gasteiger partial charge in [-0.2, -0.15) is 0 Å². The summed E-state index contributed by atoms with van der Waals surface area (Å²) in [5.41, 5.74) is 0. The molecule has 1 saturated heterocycles. The van der Waals surface area contributed by atoms with Crippen LogP contribution in [0.1, 0.15) is 30.7 Å². The lowest BCUT2D eigenvalue weighted by Crippen LogP contribution is -2.49. The van der Waals surface area contributed by atoms with E-state index in [1.165, 1.54) is 37.6 Å². The molecule has 0 saturated carbocycles. The molecule has 1 aromatic heterocycles. The first kappa shape index (κ1) is 22.6. The average molecular weight is 480 g/mol. The quantitative estimate of drug-likeness (QED) is 0.339. The first-order valence-electron chi connectivity index (χ1n) is 9.15. The SMILES string of the molecule is CCNC(=NCc1ncc(CC)s1)NCCN1CCN(CC)CC1.I. The van der Waals surface area contributed by atoms with Crippen LogP contribution in [0, 0.1) is 0 Å². The zero-order chi connectivity index (χ0) is 17.2. The van der Waals surface area contributed by atoms with E-state index >= 15 is 0 Å². The molecule has 2 N–H and O–H groups in total. The van der Waals surface area contributed by atoms with Gasteiger partial charge in [-0.05, 0) is 19.9 Å². The number of aliphatic imine (C=N–C) groups is 1. The fourth-order valence-corrected chi connectivity index (χ4v) is 3.52. The van der Waals surface area contributed by atoms with E-state index in [0.29, 0.717) is 6.54 Å². The summed E-state index contributed by atoms with van der Waals surface area (Å²) in [5.74, 6) is 0.887. The maximum atomic E-state index is 4.65. The molecule has 2 heterocycles. The molecular weight excluding hydrogens is 447 g/mol. The Labute approximate surface area is 173 Å². The van der Waals surface area contributed by atoms with Gasteiger partial charge in [0.25, 0.3) is 0 Å². The van der Waals surface area contributed by atoms with Gasteiger partial charge in [0.05, 0.1) is 6.54 Å². The zero-order valence-corrected chi connectivity index (χ0v) is 18.9. The molecule has 1 aliphatic heterocycles. The molecule has 8 heteroatoms. The van der Waals surface area contributed by atoms with E-state index in [1.807, 2.05) is 6.20 Å². The Morgan fingerprint density at radius 3 is 2.48 bits per heavy atom. The normalized spacial score (nSPS) is 16.5. The molecule has 1 aliphatic rings. The van der Waals surface area contributed by atoms with Crippen LogP contribution >= 0.6 is 35.3 Å². The summed E-state index contributed by atoms with van der Waals surface area (Å²) in [6.07, 6.45) is 3.01.